The van der Waals surface area contributed by atoms with Crippen molar-refractivity contribution in [3.8, 4) is 0 Å². The minimum Gasteiger partial charge on any atom is -0.378 e. The molecule has 1 aliphatic rings. The van der Waals surface area contributed by atoms with Gasteiger partial charge in [0.15, 0.2) is 5.82 Å². The number of hydrogen-bond donors (Lipinski definition) is 0. The topological polar surface area (TPSA) is 42.4 Å². The van der Waals surface area contributed by atoms with Crippen LogP contribution in [-0.2, 0) is 4.74 Å². The SMILES string of the molecule is CN(CC[C@H]1CCCCO1)C(=O)c1ccncc1F. The van der Waals surface area contributed by atoms with E-state index in [4.69, 9.17) is 4.74 Å². The molecule has 0 unspecified atom stereocenters. The quantitative estimate of drug-likeness (QED) is 0.839. The van der Waals surface area contributed by atoms with Gasteiger partial charge in [-0.3, -0.25) is 9.78 Å². The van der Waals surface area contributed by atoms with Crippen molar-refractivity contribution >= 4 is 5.91 Å². The molecule has 2 rings (SSSR count). The average molecular weight is 266 g/mol. The predicted molar refractivity (Wildman–Crippen MR) is 69.4 cm³/mol. The molecule has 0 N–H and O–H groups in total. The fraction of sp³-hybridized carbons (Fsp3) is 0.571. The van der Waals surface area contributed by atoms with Crippen LogP contribution in [0.1, 0.15) is 36.0 Å². The number of rotatable bonds is 4. The van der Waals surface area contributed by atoms with Crippen LogP contribution in [0.25, 0.3) is 0 Å². The first-order valence-electron chi connectivity index (χ1n) is 6.65. The third kappa shape index (κ3) is 3.73. The van der Waals surface area contributed by atoms with Crippen LogP contribution in [0.15, 0.2) is 18.5 Å². The van der Waals surface area contributed by atoms with E-state index in [1.807, 2.05) is 0 Å². The number of nitrogens with zero attached hydrogens (tertiary/aromatic N) is 2. The maximum atomic E-state index is 13.5. The Morgan fingerprint density at radius 3 is 3.11 bits per heavy atom. The Kier molecular flexibility index (Phi) is 4.85. The van der Waals surface area contributed by atoms with E-state index in [0.29, 0.717) is 6.54 Å². The van der Waals surface area contributed by atoms with E-state index in [-0.39, 0.29) is 17.6 Å². The number of amides is 1. The molecule has 104 valence electrons. The van der Waals surface area contributed by atoms with Crippen molar-refractivity contribution in [1.82, 2.24) is 9.88 Å². The molecule has 0 spiro atoms. The molecule has 4 nitrogen and oxygen atoms in total. The molecule has 0 bridgehead atoms. The second kappa shape index (κ2) is 6.61. The van der Waals surface area contributed by atoms with Crippen molar-refractivity contribution in [2.24, 2.45) is 0 Å². The van der Waals surface area contributed by atoms with Crippen LogP contribution in [0.3, 0.4) is 0 Å². The monoisotopic (exact) mass is 266 g/mol. The van der Waals surface area contributed by atoms with E-state index in [1.54, 1.807) is 7.05 Å². The van der Waals surface area contributed by atoms with Crippen LogP contribution in [-0.4, -0.2) is 42.1 Å². The first kappa shape index (κ1) is 13.9. The fourth-order valence-electron chi connectivity index (χ4n) is 2.23. The van der Waals surface area contributed by atoms with E-state index >= 15 is 0 Å². The van der Waals surface area contributed by atoms with Crippen molar-refractivity contribution in [3.05, 3.63) is 29.8 Å². The molecule has 1 saturated heterocycles. The maximum absolute atomic E-state index is 13.5. The Labute approximate surface area is 112 Å². The van der Waals surface area contributed by atoms with Gasteiger partial charge >= 0.3 is 0 Å². The van der Waals surface area contributed by atoms with Gasteiger partial charge in [-0.2, -0.15) is 0 Å². The third-order valence-corrected chi connectivity index (χ3v) is 3.41. The summed E-state index contributed by atoms with van der Waals surface area (Å²) in [5.41, 5.74) is 0.0714. The lowest BCUT2D eigenvalue weighted by Crippen LogP contribution is -2.32. The first-order chi connectivity index (χ1) is 9.18. The van der Waals surface area contributed by atoms with Gasteiger partial charge in [0.2, 0.25) is 0 Å². The van der Waals surface area contributed by atoms with Gasteiger partial charge in [-0.15, -0.1) is 0 Å². The molecule has 2 heterocycles. The highest BCUT2D eigenvalue weighted by Gasteiger charge is 2.19. The van der Waals surface area contributed by atoms with E-state index in [2.05, 4.69) is 4.98 Å². The zero-order valence-corrected chi connectivity index (χ0v) is 11.1. The summed E-state index contributed by atoms with van der Waals surface area (Å²) >= 11 is 0. The molecular weight excluding hydrogens is 247 g/mol. The van der Waals surface area contributed by atoms with Gasteiger partial charge in [-0.05, 0) is 31.7 Å². The predicted octanol–water partition coefficient (Wildman–Crippen LogP) is 2.25. The number of aromatic nitrogens is 1. The van der Waals surface area contributed by atoms with Crippen LogP contribution >= 0.6 is 0 Å². The minimum atomic E-state index is -0.576. The molecule has 1 aromatic rings. The smallest absolute Gasteiger partial charge is 0.256 e. The van der Waals surface area contributed by atoms with Crippen LogP contribution in [0.4, 0.5) is 4.39 Å². The van der Waals surface area contributed by atoms with Gasteiger partial charge < -0.3 is 9.64 Å². The van der Waals surface area contributed by atoms with Crippen molar-refractivity contribution in [1.29, 1.82) is 0 Å². The Balaban J connectivity index is 1.87. The normalized spacial score (nSPS) is 19.2. The summed E-state index contributed by atoms with van der Waals surface area (Å²) < 4.78 is 19.1. The van der Waals surface area contributed by atoms with Crippen molar-refractivity contribution in [2.75, 3.05) is 20.2 Å². The largest absolute Gasteiger partial charge is 0.378 e. The summed E-state index contributed by atoms with van der Waals surface area (Å²) in [6, 6.07) is 1.41. The molecule has 1 atom stereocenters. The van der Waals surface area contributed by atoms with E-state index < -0.39 is 5.82 Å². The van der Waals surface area contributed by atoms with E-state index in [0.717, 1.165) is 32.1 Å². The van der Waals surface area contributed by atoms with Crippen molar-refractivity contribution in [2.45, 2.75) is 31.8 Å². The molecule has 19 heavy (non-hydrogen) atoms. The number of carbonyl (C=O) groups is 1. The lowest BCUT2D eigenvalue weighted by molar-refractivity contribution is 0.00706. The Hall–Kier alpha value is -1.49. The Morgan fingerprint density at radius 1 is 1.58 bits per heavy atom. The number of ether oxygens (including phenoxy) is 1. The zero-order chi connectivity index (χ0) is 13.7. The summed E-state index contributed by atoms with van der Waals surface area (Å²) in [4.78, 5) is 17.2. The average Bonchev–Trinajstić information content (AvgIpc) is 2.45. The molecule has 0 aliphatic carbocycles. The lowest BCUT2D eigenvalue weighted by Gasteiger charge is -2.25. The second-order valence-electron chi connectivity index (χ2n) is 4.86. The van der Waals surface area contributed by atoms with Gasteiger partial charge in [0, 0.05) is 26.4 Å². The van der Waals surface area contributed by atoms with Crippen molar-refractivity contribution in [3.63, 3.8) is 0 Å². The zero-order valence-electron chi connectivity index (χ0n) is 11.1. The number of carbonyl (C=O) groups excluding carboxylic acids is 1. The van der Waals surface area contributed by atoms with Crippen LogP contribution in [0.2, 0.25) is 0 Å². The third-order valence-electron chi connectivity index (χ3n) is 3.41. The van der Waals surface area contributed by atoms with Crippen molar-refractivity contribution < 1.29 is 13.9 Å². The van der Waals surface area contributed by atoms with E-state index in [1.165, 1.54) is 23.6 Å². The molecule has 5 heteroatoms. The highest BCUT2D eigenvalue weighted by atomic mass is 19.1. The van der Waals surface area contributed by atoms with Gasteiger partial charge in [0.05, 0.1) is 17.9 Å². The first-order valence-corrected chi connectivity index (χ1v) is 6.65. The molecule has 1 aromatic heterocycles. The number of pyridine rings is 1. The molecule has 1 amide bonds. The molecule has 0 aromatic carbocycles. The Bertz CT molecular complexity index is 433. The molecule has 0 radical (unpaired) electrons. The summed E-state index contributed by atoms with van der Waals surface area (Å²) in [7, 11) is 1.69. The standard InChI is InChI=1S/C14H19FN2O2/c1-17(8-6-11-4-2-3-9-19-11)14(18)12-5-7-16-10-13(12)15/h5,7,10-11H,2-4,6,8-9H2,1H3/t11-/m1/s1. The summed E-state index contributed by atoms with van der Waals surface area (Å²) in [6.45, 7) is 1.38. The van der Waals surface area contributed by atoms with Crippen LogP contribution in [0.5, 0.6) is 0 Å². The maximum Gasteiger partial charge on any atom is 0.256 e. The second-order valence-corrected chi connectivity index (χ2v) is 4.86. The van der Waals surface area contributed by atoms with Gasteiger partial charge in [0.1, 0.15) is 0 Å². The van der Waals surface area contributed by atoms with Crippen LogP contribution < -0.4 is 0 Å². The summed E-state index contributed by atoms with van der Waals surface area (Å²) in [6.07, 6.45) is 6.86. The van der Waals surface area contributed by atoms with E-state index in [9.17, 15) is 9.18 Å². The summed E-state index contributed by atoms with van der Waals surface area (Å²) in [5.74, 6) is -0.885. The van der Waals surface area contributed by atoms with Crippen LogP contribution in [0, 0.1) is 5.82 Å². The molecular formula is C14H19FN2O2. The number of hydrogen-bond acceptors (Lipinski definition) is 3. The fourth-order valence-corrected chi connectivity index (χ4v) is 2.23. The van der Waals surface area contributed by atoms with Gasteiger partial charge in [-0.1, -0.05) is 0 Å². The molecule has 1 aliphatic heterocycles. The van der Waals surface area contributed by atoms with Gasteiger partial charge in [-0.25, -0.2) is 4.39 Å². The number of halogens is 1. The highest BCUT2D eigenvalue weighted by Crippen LogP contribution is 2.16. The highest BCUT2D eigenvalue weighted by molar-refractivity contribution is 5.94. The van der Waals surface area contributed by atoms with Gasteiger partial charge in [0.25, 0.3) is 5.91 Å². The Morgan fingerprint density at radius 2 is 2.42 bits per heavy atom. The summed E-state index contributed by atoms with van der Waals surface area (Å²) in [5, 5.41) is 0. The molecule has 0 saturated carbocycles. The minimum absolute atomic E-state index is 0.0714. The lowest BCUT2D eigenvalue weighted by atomic mass is 10.1. The molecule has 1 fully saturated rings.